The van der Waals surface area contributed by atoms with E-state index in [0.29, 0.717) is 53.8 Å². The van der Waals surface area contributed by atoms with E-state index in [0.717, 1.165) is 5.56 Å². The molecule has 2 amide bonds. The molecule has 0 saturated heterocycles. The van der Waals surface area contributed by atoms with Gasteiger partial charge in [-0.3, -0.25) is 0 Å². The smallest absolute Gasteiger partial charge is 0.369 e. The number of carbonyl (C=O) groups is 1. The van der Waals surface area contributed by atoms with Crippen molar-refractivity contribution in [3.63, 3.8) is 0 Å². The van der Waals surface area contributed by atoms with Crippen molar-refractivity contribution in [2.45, 2.75) is 24.0 Å². The van der Waals surface area contributed by atoms with Crippen molar-refractivity contribution in [1.29, 1.82) is 0 Å². The molecule has 1 aromatic heterocycles. The second-order valence-electron chi connectivity index (χ2n) is 9.48. The summed E-state index contributed by atoms with van der Waals surface area (Å²) in [4.78, 5) is 21.3. The lowest BCUT2D eigenvalue weighted by Gasteiger charge is -2.14. The molecule has 0 radical (unpaired) electrons. The molecule has 0 saturated carbocycles. The van der Waals surface area contributed by atoms with E-state index in [4.69, 9.17) is 0 Å². The summed E-state index contributed by atoms with van der Waals surface area (Å²) >= 11 is 0. The Morgan fingerprint density at radius 2 is 1.79 bits per heavy atom. The Hall–Kier alpha value is -4.76. The number of rotatable bonds is 4. The number of sulfonamides is 1. The number of nitrogens with one attached hydrogen (secondary N) is 5. The summed E-state index contributed by atoms with van der Waals surface area (Å²) in [6.45, 7) is 0.662. The molecular formula is C28H25F4N7O3S. The van der Waals surface area contributed by atoms with Gasteiger partial charge in [0.25, 0.3) is 0 Å². The molecule has 10 nitrogen and oxygen atoms in total. The van der Waals surface area contributed by atoms with Crippen molar-refractivity contribution in [2.24, 2.45) is 0 Å². The minimum absolute atomic E-state index is 0.0200. The van der Waals surface area contributed by atoms with Gasteiger partial charge in [-0.2, -0.15) is 18.2 Å². The van der Waals surface area contributed by atoms with Gasteiger partial charge in [-0.1, -0.05) is 30.3 Å². The van der Waals surface area contributed by atoms with Crippen molar-refractivity contribution in [2.75, 3.05) is 29.0 Å². The van der Waals surface area contributed by atoms with E-state index in [2.05, 4.69) is 36.0 Å². The summed E-state index contributed by atoms with van der Waals surface area (Å²) in [6.07, 6.45) is -2.57. The fraction of sp³-hybridized carbons (Fsp3) is 0.179. The summed E-state index contributed by atoms with van der Waals surface area (Å²) in [5.41, 5.74) is 0.916. The minimum atomic E-state index is -4.68. The first kappa shape index (κ1) is 29.7. The highest BCUT2D eigenvalue weighted by Gasteiger charge is 2.31. The Morgan fingerprint density at radius 3 is 2.56 bits per heavy atom. The maximum atomic E-state index is 13.9. The van der Waals surface area contributed by atoms with Gasteiger partial charge >= 0.3 is 12.2 Å². The molecular weight excluding hydrogens is 590 g/mol. The third-order valence-corrected chi connectivity index (χ3v) is 7.85. The van der Waals surface area contributed by atoms with Crippen molar-refractivity contribution < 1.29 is 30.8 Å². The number of hydrogen-bond acceptors (Lipinski definition) is 7. The maximum absolute atomic E-state index is 13.9. The van der Waals surface area contributed by atoms with Gasteiger partial charge in [0.05, 0.1) is 16.1 Å². The quantitative estimate of drug-likeness (QED) is 0.192. The summed E-state index contributed by atoms with van der Waals surface area (Å²) in [6, 6.07) is 14.2. The molecule has 4 aromatic rings. The van der Waals surface area contributed by atoms with Crippen LogP contribution in [0.2, 0.25) is 0 Å². The van der Waals surface area contributed by atoms with Crippen LogP contribution in [0.15, 0.2) is 77.8 Å². The zero-order valence-corrected chi connectivity index (χ0v) is 23.1. The first-order chi connectivity index (χ1) is 20.5. The molecule has 1 aliphatic heterocycles. The van der Waals surface area contributed by atoms with Gasteiger partial charge in [-0.05, 0) is 53.9 Å². The lowest BCUT2D eigenvalue weighted by molar-refractivity contribution is -0.137. The lowest BCUT2D eigenvalue weighted by atomic mass is 10.1. The van der Waals surface area contributed by atoms with Crippen LogP contribution in [-0.2, 0) is 22.7 Å². The molecule has 0 atom stereocenters. The summed E-state index contributed by atoms with van der Waals surface area (Å²) < 4.78 is 80.5. The van der Waals surface area contributed by atoms with Gasteiger partial charge in [0.1, 0.15) is 11.6 Å². The number of aromatic nitrogens is 2. The van der Waals surface area contributed by atoms with E-state index in [1.165, 1.54) is 12.1 Å². The van der Waals surface area contributed by atoms with E-state index in [1.54, 1.807) is 42.6 Å². The van der Waals surface area contributed by atoms with Crippen LogP contribution in [0.3, 0.4) is 0 Å². The lowest BCUT2D eigenvalue weighted by Crippen LogP contribution is -2.28. The fourth-order valence-corrected chi connectivity index (χ4v) is 5.31. The average Bonchev–Trinajstić information content (AvgIpc) is 2.97. The SMILES string of the molecule is O=C(NCc1ccc(-c2cnc3nc2NCCCNS(=O)(=O)c2cccc(c2)N3)cc1)Nc1cc(C(F)(F)F)ccc1F. The van der Waals surface area contributed by atoms with Crippen LogP contribution in [0.25, 0.3) is 11.1 Å². The van der Waals surface area contributed by atoms with Crippen LogP contribution in [0.1, 0.15) is 17.5 Å². The van der Waals surface area contributed by atoms with Crippen LogP contribution < -0.4 is 26.0 Å². The molecule has 15 heteroatoms. The third-order valence-electron chi connectivity index (χ3n) is 6.39. The molecule has 0 aliphatic carbocycles. The predicted octanol–water partition coefficient (Wildman–Crippen LogP) is 5.46. The van der Waals surface area contributed by atoms with Crippen LogP contribution in [0.4, 0.5) is 45.5 Å². The first-order valence-electron chi connectivity index (χ1n) is 13.0. The number of anilines is 4. The van der Waals surface area contributed by atoms with Crippen molar-refractivity contribution in [1.82, 2.24) is 20.0 Å². The van der Waals surface area contributed by atoms with Gasteiger partial charge < -0.3 is 21.3 Å². The standard InChI is InChI=1S/C28H25F4N7O3S/c29-23-10-9-19(28(30,31)32)13-24(23)38-27(40)35-15-17-5-7-18(8-6-17)22-16-34-26-37-20-3-1-4-21(14-20)43(41,42)36-12-2-11-33-25(22)39-26/h1,3-10,13-14,16,36H,2,11-12,15H2,(H2,35,38,40)(H2,33,34,37,39). The third kappa shape index (κ3) is 7.37. The Bertz CT molecular complexity index is 1750. The highest BCUT2D eigenvalue weighted by Crippen LogP contribution is 2.32. The molecule has 0 fully saturated rings. The number of urea groups is 1. The number of amides is 2. The molecule has 43 heavy (non-hydrogen) atoms. The summed E-state index contributed by atoms with van der Waals surface area (Å²) in [5.74, 6) is -0.218. The van der Waals surface area contributed by atoms with Crippen LogP contribution in [0.5, 0.6) is 0 Å². The number of nitrogens with zero attached hydrogens (tertiary/aromatic N) is 2. The fourth-order valence-electron chi connectivity index (χ4n) is 4.19. The van der Waals surface area contributed by atoms with E-state index < -0.39 is 39.3 Å². The zero-order valence-electron chi connectivity index (χ0n) is 22.3. The molecule has 4 bridgehead atoms. The number of fused-ring (bicyclic) bond motifs is 4. The second kappa shape index (κ2) is 12.2. The minimum Gasteiger partial charge on any atom is -0.369 e. The molecule has 0 unspecified atom stereocenters. The van der Waals surface area contributed by atoms with Gasteiger partial charge in [0.15, 0.2) is 0 Å². The zero-order chi connectivity index (χ0) is 30.6. The molecule has 5 N–H and O–H groups in total. The van der Waals surface area contributed by atoms with Gasteiger partial charge in [-0.15, -0.1) is 0 Å². The Kier molecular flexibility index (Phi) is 8.45. The molecule has 0 spiro atoms. The number of halogens is 4. The van der Waals surface area contributed by atoms with Crippen LogP contribution >= 0.6 is 0 Å². The van der Waals surface area contributed by atoms with E-state index in [1.807, 2.05) is 0 Å². The second-order valence-corrected chi connectivity index (χ2v) is 11.3. The summed E-state index contributed by atoms with van der Waals surface area (Å²) in [7, 11) is -3.67. The number of benzene rings is 3. The Labute approximate surface area is 244 Å². The van der Waals surface area contributed by atoms with Crippen molar-refractivity contribution in [3.05, 3.63) is 89.9 Å². The highest BCUT2D eigenvalue weighted by atomic mass is 32.2. The Morgan fingerprint density at radius 1 is 1.00 bits per heavy atom. The van der Waals surface area contributed by atoms with Gasteiger partial charge in [0.2, 0.25) is 16.0 Å². The molecule has 3 aromatic carbocycles. The molecule has 1 aliphatic rings. The highest BCUT2D eigenvalue weighted by molar-refractivity contribution is 7.89. The largest absolute Gasteiger partial charge is 0.416 e. The molecule has 5 rings (SSSR count). The monoisotopic (exact) mass is 615 g/mol. The van der Waals surface area contributed by atoms with Crippen LogP contribution in [-0.4, -0.2) is 37.5 Å². The number of carbonyl (C=O) groups excluding carboxylic acids is 1. The van der Waals surface area contributed by atoms with E-state index in [-0.39, 0.29) is 23.9 Å². The van der Waals surface area contributed by atoms with E-state index in [9.17, 15) is 30.8 Å². The normalized spacial score (nSPS) is 14.6. The van der Waals surface area contributed by atoms with Gasteiger partial charge in [-0.25, -0.2) is 27.3 Å². The van der Waals surface area contributed by atoms with Crippen molar-refractivity contribution >= 4 is 39.2 Å². The molecule has 2 heterocycles. The summed E-state index contributed by atoms with van der Waals surface area (Å²) in [5, 5.41) is 10.8. The van der Waals surface area contributed by atoms with Crippen molar-refractivity contribution in [3.8, 4) is 11.1 Å². The first-order valence-corrected chi connectivity index (χ1v) is 14.4. The average molecular weight is 616 g/mol. The van der Waals surface area contributed by atoms with Crippen LogP contribution in [0, 0.1) is 5.82 Å². The predicted molar refractivity (Wildman–Crippen MR) is 153 cm³/mol. The maximum Gasteiger partial charge on any atom is 0.416 e. The van der Waals surface area contributed by atoms with Gasteiger partial charge in [0, 0.05) is 37.1 Å². The number of alkyl halides is 3. The topological polar surface area (TPSA) is 137 Å². The van der Waals surface area contributed by atoms with E-state index >= 15 is 0 Å². The molecule has 224 valence electrons. The number of hydrogen-bond donors (Lipinski definition) is 5. The Balaban J connectivity index is 1.28.